The highest BCUT2D eigenvalue weighted by molar-refractivity contribution is 7.80. The smallest absolute Gasteiger partial charge is 0.0449 e. The Balaban J connectivity index is 0.000000261. The summed E-state index contributed by atoms with van der Waals surface area (Å²) in [5.41, 5.74) is 11.3. The van der Waals surface area contributed by atoms with Gasteiger partial charge < -0.3 is 11.5 Å². The first kappa shape index (κ1) is 11.3. The van der Waals surface area contributed by atoms with Crippen LogP contribution in [0.3, 0.4) is 0 Å². The third kappa shape index (κ3) is 6.07. The molecule has 0 aliphatic heterocycles. The van der Waals surface area contributed by atoms with Crippen molar-refractivity contribution in [3.8, 4) is 0 Å². The van der Waals surface area contributed by atoms with E-state index in [2.05, 4.69) is 12.6 Å². The molecule has 0 fully saturated rings. The summed E-state index contributed by atoms with van der Waals surface area (Å²) in [5, 5.41) is 0. The van der Waals surface area contributed by atoms with E-state index in [0.29, 0.717) is 6.04 Å². The van der Waals surface area contributed by atoms with Crippen LogP contribution in [0, 0.1) is 0 Å². The lowest BCUT2D eigenvalue weighted by atomic mass is 10.3. The first-order chi connectivity index (χ1) is 5.54. The summed E-state index contributed by atoms with van der Waals surface area (Å²) in [6.45, 7) is 3.89. The molecule has 0 bridgehead atoms. The molecule has 1 rings (SSSR count). The number of nitrogens with two attached hydrogens (primary N) is 2. The van der Waals surface area contributed by atoms with Crippen molar-refractivity contribution in [1.29, 1.82) is 0 Å². The first-order valence-electron chi connectivity index (χ1n) is 3.83. The molecule has 0 saturated heterocycles. The summed E-state index contributed by atoms with van der Waals surface area (Å²) < 4.78 is 0. The highest BCUT2D eigenvalue weighted by Gasteiger charge is 1.85. The topological polar surface area (TPSA) is 52.0 Å². The van der Waals surface area contributed by atoms with Gasteiger partial charge in [-0.3, -0.25) is 0 Å². The number of para-hydroxylation sites is 1. The number of hydrogen-bond acceptors (Lipinski definition) is 3. The third-order valence-corrected chi connectivity index (χ3v) is 1.34. The maximum absolute atomic E-state index is 5.44. The minimum absolute atomic E-state index is 0.333. The zero-order valence-corrected chi connectivity index (χ0v) is 8.38. The van der Waals surface area contributed by atoms with E-state index in [1.165, 1.54) is 0 Å². The van der Waals surface area contributed by atoms with Crippen LogP contribution in [0.2, 0.25) is 0 Å². The van der Waals surface area contributed by atoms with E-state index in [9.17, 15) is 0 Å². The fourth-order valence-electron chi connectivity index (χ4n) is 0.488. The molecule has 0 atom stereocenters. The number of anilines is 1. The molecule has 0 amide bonds. The number of thiol groups is 1. The Bertz CT molecular complexity index is 200. The van der Waals surface area contributed by atoms with Crippen molar-refractivity contribution >= 4 is 18.3 Å². The zero-order valence-electron chi connectivity index (χ0n) is 7.49. The van der Waals surface area contributed by atoms with E-state index in [0.717, 1.165) is 10.6 Å². The lowest BCUT2D eigenvalue weighted by molar-refractivity contribution is 0.834. The molecule has 0 radical (unpaired) electrons. The Kier molecular flexibility index (Phi) is 5.58. The second-order valence-corrected chi connectivity index (χ2v) is 3.28. The molecule has 0 aliphatic carbocycles. The Labute approximate surface area is 79.4 Å². The van der Waals surface area contributed by atoms with Gasteiger partial charge in [-0.2, -0.15) is 0 Å². The molecule has 68 valence electrons. The van der Waals surface area contributed by atoms with Crippen LogP contribution >= 0.6 is 12.6 Å². The average molecular weight is 184 g/mol. The number of rotatable bonds is 0. The van der Waals surface area contributed by atoms with Gasteiger partial charge in [-0.25, -0.2) is 0 Å². The van der Waals surface area contributed by atoms with Crippen LogP contribution in [0.15, 0.2) is 29.2 Å². The van der Waals surface area contributed by atoms with Gasteiger partial charge in [0, 0.05) is 10.6 Å². The van der Waals surface area contributed by atoms with Crippen molar-refractivity contribution in [1.82, 2.24) is 0 Å². The summed E-state index contributed by atoms with van der Waals surface area (Å²) in [6, 6.07) is 7.80. The van der Waals surface area contributed by atoms with Crippen LogP contribution in [0.25, 0.3) is 0 Å². The van der Waals surface area contributed by atoms with E-state index < -0.39 is 0 Å². The summed E-state index contributed by atoms with van der Waals surface area (Å²) >= 11 is 4.07. The molecule has 3 heteroatoms. The molecule has 0 unspecified atom stereocenters. The van der Waals surface area contributed by atoms with Gasteiger partial charge in [0.2, 0.25) is 0 Å². The van der Waals surface area contributed by atoms with Crippen LogP contribution in [-0.4, -0.2) is 6.04 Å². The van der Waals surface area contributed by atoms with Gasteiger partial charge in [-0.05, 0) is 18.2 Å². The second kappa shape index (κ2) is 5.91. The second-order valence-electron chi connectivity index (χ2n) is 2.80. The van der Waals surface area contributed by atoms with Crippen LogP contribution in [0.4, 0.5) is 5.69 Å². The molecular formula is C9H16N2S. The lowest BCUT2D eigenvalue weighted by Crippen LogP contribution is -2.06. The van der Waals surface area contributed by atoms with Crippen LogP contribution in [0.5, 0.6) is 0 Å². The van der Waals surface area contributed by atoms with Crippen molar-refractivity contribution in [3.05, 3.63) is 24.3 Å². The van der Waals surface area contributed by atoms with E-state index >= 15 is 0 Å². The van der Waals surface area contributed by atoms with Gasteiger partial charge in [-0.15, -0.1) is 12.6 Å². The van der Waals surface area contributed by atoms with Crippen molar-refractivity contribution in [3.63, 3.8) is 0 Å². The summed E-state index contributed by atoms with van der Waals surface area (Å²) in [4.78, 5) is 0.840. The highest BCUT2D eigenvalue weighted by atomic mass is 32.1. The molecule has 4 N–H and O–H groups in total. The van der Waals surface area contributed by atoms with Crippen molar-refractivity contribution in [2.75, 3.05) is 5.73 Å². The predicted octanol–water partition coefficient (Wildman–Crippen LogP) is 1.91. The largest absolute Gasteiger partial charge is 0.398 e. The van der Waals surface area contributed by atoms with Gasteiger partial charge in [0.1, 0.15) is 0 Å². The van der Waals surface area contributed by atoms with E-state index in [1.807, 2.05) is 38.1 Å². The normalized spacial score (nSPS) is 9.08. The SMILES string of the molecule is CC(C)N.Nc1ccccc1S. The fourth-order valence-corrected chi connectivity index (χ4v) is 0.648. The van der Waals surface area contributed by atoms with Crippen molar-refractivity contribution in [2.45, 2.75) is 24.8 Å². The minimum Gasteiger partial charge on any atom is -0.398 e. The minimum atomic E-state index is 0.333. The Morgan fingerprint density at radius 1 is 1.25 bits per heavy atom. The quantitative estimate of drug-likeness (QED) is 0.426. The van der Waals surface area contributed by atoms with Gasteiger partial charge >= 0.3 is 0 Å². The third-order valence-electron chi connectivity index (χ3n) is 0.937. The van der Waals surface area contributed by atoms with Gasteiger partial charge in [0.15, 0.2) is 0 Å². The highest BCUT2D eigenvalue weighted by Crippen LogP contribution is 2.13. The zero-order chi connectivity index (χ0) is 9.56. The van der Waals surface area contributed by atoms with Crippen LogP contribution < -0.4 is 11.5 Å². The Morgan fingerprint density at radius 3 is 1.92 bits per heavy atom. The van der Waals surface area contributed by atoms with Crippen LogP contribution in [0.1, 0.15) is 13.8 Å². The molecule has 1 aromatic rings. The summed E-state index contributed by atoms with van der Waals surface area (Å²) in [5.74, 6) is 0. The number of benzene rings is 1. The maximum Gasteiger partial charge on any atom is 0.0449 e. The van der Waals surface area contributed by atoms with Gasteiger partial charge in [0.25, 0.3) is 0 Å². The Hall–Kier alpha value is -0.670. The molecule has 1 aromatic carbocycles. The average Bonchev–Trinajstić information content (AvgIpc) is 1.94. The van der Waals surface area contributed by atoms with Crippen LogP contribution in [-0.2, 0) is 0 Å². The predicted molar refractivity (Wildman–Crippen MR) is 57.4 cm³/mol. The van der Waals surface area contributed by atoms with E-state index in [4.69, 9.17) is 11.5 Å². The standard InChI is InChI=1S/C6H7NS.C3H9N/c7-5-3-1-2-4-6(5)8;1-3(2)4/h1-4,8H,7H2;3H,4H2,1-2H3. The first-order valence-corrected chi connectivity index (χ1v) is 4.27. The molecule has 0 spiro atoms. The summed E-state index contributed by atoms with van der Waals surface area (Å²) in [7, 11) is 0. The molecule has 0 aliphatic rings. The van der Waals surface area contributed by atoms with E-state index in [1.54, 1.807) is 0 Å². The fraction of sp³-hybridized carbons (Fsp3) is 0.333. The van der Waals surface area contributed by atoms with Gasteiger partial charge in [0.05, 0.1) is 0 Å². The maximum atomic E-state index is 5.44. The molecule has 0 aromatic heterocycles. The van der Waals surface area contributed by atoms with E-state index in [-0.39, 0.29) is 0 Å². The van der Waals surface area contributed by atoms with Crippen molar-refractivity contribution in [2.24, 2.45) is 5.73 Å². The number of nitrogen functional groups attached to an aromatic ring is 1. The summed E-state index contributed by atoms with van der Waals surface area (Å²) in [6.07, 6.45) is 0. The molecule has 2 nitrogen and oxygen atoms in total. The van der Waals surface area contributed by atoms with Crippen molar-refractivity contribution < 1.29 is 0 Å². The molecule has 0 saturated carbocycles. The molecule has 0 heterocycles. The van der Waals surface area contributed by atoms with Gasteiger partial charge in [-0.1, -0.05) is 26.0 Å². The Morgan fingerprint density at radius 2 is 1.67 bits per heavy atom. The molecule has 12 heavy (non-hydrogen) atoms. The lowest BCUT2D eigenvalue weighted by Gasteiger charge is -1.92. The molecular weight excluding hydrogens is 168 g/mol. The monoisotopic (exact) mass is 184 g/mol. The number of hydrogen-bond donors (Lipinski definition) is 3.